The van der Waals surface area contributed by atoms with Crippen molar-refractivity contribution in [2.24, 2.45) is 0 Å². The van der Waals surface area contributed by atoms with E-state index >= 15 is 0 Å². The van der Waals surface area contributed by atoms with Gasteiger partial charge in [0.25, 0.3) is 0 Å². The molecule has 0 radical (unpaired) electrons. The van der Waals surface area contributed by atoms with Crippen LogP contribution in [-0.2, 0) is 4.79 Å². The van der Waals surface area contributed by atoms with Crippen LogP contribution in [0.3, 0.4) is 0 Å². The van der Waals surface area contributed by atoms with Gasteiger partial charge in [-0.25, -0.2) is 0 Å². The number of amides is 1. The predicted octanol–water partition coefficient (Wildman–Crippen LogP) is 2.62. The Morgan fingerprint density at radius 3 is 2.54 bits per heavy atom. The lowest BCUT2D eigenvalue weighted by molar-refractivity contribution is -0.121. The minimum atomic E-state index is -0.0233. The van der Waals surface area contributed by atoms with E-state index in [9.17, 15) is 4.79 Å². The highest BCUT2D eigenvalue weighted by molar-refractivity contribution is 7.99. The lowest BCUT2D eigenvalue weighted by Gasteiger charge is -2.37. The summed E-state index contributed by atoms with van der Waals surface area (Å²) in [6, 6.07) is 11.0. The van der Waals surface area contributed by atoms with Crippen LogP contribution in [0.2, 0.25) is 0 Å². The average Bonchev–Trinajstić information content (AvgIpc) is 2.61. The molecule has 1 heterocycles. The standard InChI is InChI=1S/C19H31N3OS/c1-15(24-4)19(23)20-18(16-8-6-5-7-9-16)14-22(3)17-10-12-21(2)13-11-17/h5-9,15,17-18H,10-14H2,1-4H3,(H,20,23). The van der Waals surface area contributed by atoms with Crippen molar-refractivity contribution >= 4 is 17.7 Å². The van der Waals surface area contributed by atoms with E-state index in [1.165, 1.54) is 18.4 Å². The molecule has 0 spiro atoms. The van der Waals surface area contributed by atoms with Gasteiger partial charge in [0.15, 0.2) is 0 Å². The molecule has 134 valence electrons. The first-order valence-electron chi connectivity index (χ1n) is 8.78. The number of carbonyl (C=O) groups is 1. The van der Waals surface area contributed by atoms with E-state index < -0.39 is 0 Å². The second-order valence-electron chi connectivity index (χ2n) is 6.82. The molecule has 2 unspecified atom stereocenters. The first kappa shape index (κ1) is 19.3. The number of nitrogens with zero attached hydrogens (tertiary/aromatic N) is 2. The first-order valence-corrected chi connectivity index (χ1v) is 10.1. The van der Waals surface area contributed by atoms with E-state index in [4.69, 9.17) is 0 Å². The number of rotatable bonds is 7. The number of piperidine rings is 1. The van der Waals surface area contributed by atoms with Gasteiger partial charge in [-0.2, -0.15) is 11.8 Å². The summed E-state index contributed by atoms with van der Waals surface area (Å²) in [5, 5.41) is 3.23. The van der Waals surface area contributed by atoms with Crippen LogP contribution in [0.4, 0.5) is 0 Å². The summed E-state index contributed by atoms with van der Waals surface area (Å²) in [5.74, 6) is 0.119. The number of likely N-dealkylation sites (tertiary alicyclic amines) is 1. The molecule has 1 aliphatic heterocycles. The normalized spacial score (nSPS) is 19.2. The van der Waals surface area contributed by atoms with Crippen LogP contribution in [0.15, 0.2) is 30.3 Å². The maximum absolute atomic E-state index is 12.4. The zero-order valence-corrected chi connectivity index (χ0v) is 16.2. The van der Waals surface area contributed by atoms with E-state index in [0.29, 0.717) is 6.04 Å². The van der Waals surface area contributed by atoms with Crippen molar-refractivity contribution in [1.29, 1.82) is 0 Å². The molecule has 1 amide bonds. The van der Waals surface area contributed by atoms with E-state index in [1.54, 1.807) is 11.8 Å². The van der Waals surface area contributed by atoms with Crippen molar-refractivity contribution in [1.82, 2.24) is 15.1 Å². The maximum atomic E-state index is 12.4. The summed E-state index contributed by atoms with van der Waals surface area (Å²) in [6.45, 7) is 5.12. The molecule has 2 atom stereocenters. The van der Waals surface area contributed by atoms with Gasteiger partial charge < -0.3 is 15.1 Å². The molecule has 1 fully saturated rings. The third kappa shape index (κ3) is 5.50. The van der Waals surface area contributed by atoms with Gasteiger partial charge in [-0.1, -0.05) is 30.3 Å². The number of hydrogen-bond donors (Lipinski definition) is 1. The van der Waals surface area contributed by atoms with Crippen LogP contribution in [0.5, 0.6) is 0 Å². The summed E-state index contributed by atoms with van der Waals surface area (Å²) in [7, 11) is 4.38. The monoisotopic (exact) mass is 349 g/mol. The molecule has 1 saturated heterocycles. The molecule has 1 N–H and O–H groups in total. The van der Waals surface area contributed by atoms with Gasteiger partial charge in [0.05, 0.1) is 11.3 Å². The SMILES string of the molecule is CSC(C)C(=O)NC(CN(C)C1CCN(C)CC1)c1ccccc1. The van der Waals surface area contributed by atoms with Crippen molar-refractivity contribution < 1.29 is 4.79 Å². The first-order chi connectivity index (χ1) is 11.5. The van der Waals surface area contributed by atoms with Gasteiger partial charge in [-0.15, -0.1) is 0 Å². The molecular weight excluding hydrogens is 318 g/mol. The molecule has 24 heavy (non-hydrogen) atoms. The fourth-order valence-corrected chi connectivity index (χ4v) is 3.47. The van der Waals surface area contributed by atoms with Gasteiger partial charge in [-0.05, 0) is 58.8 Å². The van der Waals surface area contributed by atoms with Gasteiger partial charge >= 0.3 is 0 Å². The average molecular weight is 350 g/mol. The molecule has 4 nitrogen and oxygen atoms in total. The molecule has 0 saturated carbocycles. The fourth-order valence-electron chi connectivity index (χ4n) is 3.19. The number of hydrogen-bond acceptors (Lipinski definition) is 4. The van der Waals surface area contributed by atoms with Gasteiger partial charge in [-0.3, -0.25) is 4.79 Å². The number of carbonyl (C=O) groups excluding carboxylic acids is 1. The Hall–Kier alpha value is -1.04. The lowest BCUT2D eigenvalue weighted by Crippen LogP contribution is -2.46. The van der Waals surface area contributed by atoms with Gasteiger partial charge in [0.2, 0.25) is 5.91 Å². The van der Waals surface area contributed by atoms with Crippen LogP contribution in [0, 0.1) is 0 Å². The Balaban J connectivity index is 2.04. The molecule has 5 heteroatoms. The van der Waals surface area contributed by atoms with E-state index in [1.807, 2.05) is 31.4 Å². The molecule has 0 bridgehead atoms. The number of likely N-dealkylation sites (N-methyl/N-ethyl adjacent to an activating group) is 1. The summed E-state index contributed by atoms with van der Waals surface area (Å²) in [5.41, 5.74) is 1.18. The van der Waals surface area contributed by atoms with Gasteiger partial charge in [0.1, 0.15) is 0 Å². The minimum Gasteiger partial charge on any atom is -0.347 e. The predicted molar refractivity (Wildman–Crippen MR) is 103 cm³/mol. The summed E-state index contributed by atoms with van der Waals surface area (Å²) < 4.78 is 0. The van der Waals surface area contributed by atoms with Crippen LogP contribution >= 0.6 is 11.8 Å². The van der Waals surface area contributed by atoms with E-state index in [0.717, 1.165) is 19.6 Å². The molecule has 0 aromatic heterocycles. The van der Waals surface area contributed by atoms with Crippen LogP contribution < -0.4 is 5.32 Å². The Kier molecular flexibility index (Phi) is 7.59. The Morgan fingerprint density at radius 2 is 1.96 bits per heavy atom. The topological polar surface area (TPSA) is 35.6 Å². The highest BCUT2D eigenvalue weighted by Crippen LogP contribution is 2.20. The highest BCUT2D eigenvalue weighted by Gasteiger charge is 2.25. The van der Waals surface area contributed by atoms with E-state index in [2.05, 4.69) is 41.3 Å². The third-order valence-electron chi connectivity index (χ3n) is 5.02. The highest BCUT2D eigenvalue weighted by atomic mass is 32.2. The molecule has 1 aliphatic rings. The Morgan fingerprint density at radius 1 is 1.33 bits per heavy atom. The Bertz CT molecular complexity index is 503. The summed E-state index contributed by atoms with van der Waals surface area (Å²) >= 11 is 1.59. The summed E-state index contributed by atoms with van der Waals surface area (Å²) in [6.07, 6.45) is 4.37. The number of benzene rings is 1. The Labute approximate surface area is 151 Å². The zero-order valence-electron chi connectivity index (χ0n) is 15.4. The number of nitrogens with one attached hydrogen (secondary N) is 1. The smallest absolute Gasteiger partial charge is 0.233 e. The fraction of sp³-hybridized carbons (Fsp3) is 0.632. The third-order valence-corrected chi connectivity index (χ3v) is 5.94. The quantitative estimate of drug-likeness (QED) is 0.821. The van der Waals surface area contributed by atoms with Crippen LogP contribution in [0.1, 0.15) is 31.4 Å². The lowest BCUT2D eigenvalue weighted by atomic mass is 10.0. The molecular formula is C19H31N3OS. The second-order valence-corrected chi connectivity index (χ2v) is 8.00. The van der Waals surface area contributed by atoms with E-state index in [-0.39, 0.29) is 17.2 Å². The molecule has 1 aromatic rings. The molecule has 2 rings (SSSR count). The number of thioether (sulfide) groups is 1. The molecule has 1 aromatic carbocycles. The maximum Gasteiger partial charge on any atom is 0.233 e. The van der Waals surface area contributed by atoms with Crippen LogP contribution in [0.25, 0.3) is 0 Å². The van der Waals surface area contributed by atoms with Crippen molar-refractivity contribution in [2.45, 2.75) is 37.1 Å². The van der Waals surface area contributed by atoms with Crippen molar-refractivity contribution in [3.05, 3.63) is 35.9 Å². The zero-order chi connectivity index (χ0) is 17.5. The largest absolute Gasteiger partial charge is 0.347 e. The van der Waals surface area contributed by atoms with Crippen LogP contribution in [-0.4, -0.2) is 67.0 Å². The van der Waals surface area contributed by atoms with Crippen molar-refractivity contribution in [3.63, 3.8) is 0 Å². The van der Waals surface area contributed by atoms with Crippen molar-refractivity contribution in [2.75, 3.05) is 40.0 Å². The van der Waals surface area contributed by atoms with Gasteiger partial charge in [0, 0.05) is 12.6 Å². The minimum absolute atomic E-state index is 0.0233. The van der Waals surface area contributed by atoms with Crippen molar-refractivity contribution in [3.8, 4) is 0 Å². The molecule has 0 aliphatic carbocycles. The summed E-state index contributed by atoms with van der Waals surface area (Å²) in [4.78, 5) is 17.2. The second kappa shape index (κ2) is 9.44.